The van der Waals surface area contributed by atoms with Gasteiger partial charge in [-0.15, -0.1) is 11.6 Å². The number of halogens is 3. The van der Waals surface area contributed by atoms with Gasteiger partial charge < -0.3 is 4.74 Å². The summed E-state index contributed by atoms with van der Waals surface area (Å²) >= 11 is 7.88. The van der Waals surface area contributed by atoms with Gasteiger partial charge >= 0.3 is 0 Å². The highest BCUT2D eigenvalue weighted by Gasteiger charge is 2.09. The summed E-state index contributed by atoms with van der Waals surface area (Å²) < 4.78 is 19.5. The van der Waals surface area contributed by atoms with Crippen LogP contribution in [0.1, 0.15) is 5.56 Å². The summed E-state index contributed by atoms with van der Waals surface area (Å²) in [4.78, 5) is 3.90. The summed E-state index contributed by atoms with van der Waals surface area (Å²) in [5.74, 6) is 0.753. The molecular weight excluding hydrogens is 355 g/mol. The van der Waals surface area contributed by atoms with Crippen LogP contribution < -0.4 is 4.74 Å². The summed E-state index contributed by atoms with van der Waals surface area (Å²) in [6, 6.07) is 8.84. The lowest BCUT2D eigenvalue weighted by Crippen LogP contribution is -1.95. The van der Waals surface area contributed by atoms with E-state index in [4.69, 9.17) is 16.3 Å². The molecule has 2 aromatic rings. The molecule has 0 saturated carbocycles. The van der Waals surface area contributed by atoms with E-state index in [-0.39, 0.29) is 5.88 Å². The van der Waals surface area contributed by atoms with Crippen molar-refractivity contribution in [3.05, 3.63) is 51.5 Å². The molecule has 0 fully saturated rings. The normalized spacial score (nSPS) is 10.3. The Kier molecular flexibility index (Phi) is 4.17. The Morgan fingerprint density at radius 3 is 2.82 bits per heavy atom. The number of hydrogen-bond donors (Lipinski definition) is 0. The zero-order valence-corrected chi connectivity index (χ0v) is 11.6. The average Bonchev–Trinajstić information content (AvgIpc) is 2.34. The second kappa shape index (κ2) is 5.64. The molecule has 1 aromatic carbocycles. The number of aromatic nitrogens is 1. The fourth-order valence-electron chi connectivity index (χ4n) is 1.29. The smallest absolute Gasteiger partial charge is 0.223 e. The van der Waals surface area contributed by atoms with Crippen LogP contribution in [0.4, 0.5) is 4.39 Å². The highest BCUT2D eigenvalue weighted by Crippen LogP contribution is 2.28. The molecule has 1 heterocycles. The summed E-state index contributed by atoms with van der Waals surface area (Å²) in [5, 5.41) is 0. The monoisotopic (exact) mass is 363 g/mol. The molecule has 0 atom stereocenters. The molecule has 0 bridgehead atoms. The number of hydrogen-bond acceptors (Lipinski definition) is 2. The number of ether oxygens (including phenoxy) is 1. The standard InChI is InChI=1S/C12H8ClFINO/c13-6-8-5-9(14)7-16-12(8)17-11-4-2-1-3-10(11)15/h1-5,7H,6H2. The van der Waals surface area contributed by atoms with Gasteiger partial charge in [-0.1, -0.05) is 12.1 Å². The summed E-state index contributed by atoms with van der Waals surface area (Å²) in [6.45, 7) is 0. The topological polar surface area (TPSA) is 22.1 Å². The molecule has 5 heteroatoms. The third-order valence-corrected chi connectivity index (χ3v) is 3.26. The van der Waals surface area contributed by atoms with E-state index >= 15 is 0 Å². The highest BCUT2D eigenvalue weighted by molar-refractivity contribution is 14.1. The maximum absolute atomic E-state index is 13.0. The maximum Gasteiger partial charge on any atom is 0.223 e. The lowest BCUT2D eigenvalue weighted by atomic mass is 10.3. The number of rotatable bonds is 3. The Hall–Kier alpha value is -0.880. The van der Waals surface area contributed by atoms with E-state index in [1.807, 2.05) is 24.3 Å². The van der Waals surface area contributed by atoms with Crippen molar-refractivity contribution in [3.8, 4) is 11.6 Å². The first-order valence-corrected chi connectivity index (χ1v) is 6.45. The van der Waals surface area contributed by atoms with Gasteiger partial charge in [-0.3, -0.25) is 0 Å². The number of para-hydroxylation sites is 1. The Morgan fingerprint density at radius 1 is 1.35 bits per heavy atom. The fourth-order valence-corrected chi connectivity index (χ4v) is 1.98. The molecule has 0 saturated heterocycles. The van der Waals surface area contributed by atoms with Crippen molar-refractivity contribution in [1.82, 2.24) is 4.98 Å². The van der Waals surface area contributed by atoms with Crippen LogP contribution >= 0.6 is 34.2 Å². The van der Waals surface area contributed by atoms with Crippen LogP contribution in [0.2, 0.25) is 0 Å². The average molecular weight is 364 g/mol. The van der Waals surface area contributed by atoms with Gasteiger partial charge in [0.25, 0.3) is 0 Å². The predicted molar refractivity (Wildman–Crippen MR) is 73.0 cm³/mol. The van der Waals surface area contributed by atoms with Crippen LogP contribution in [0, 0.1) is 9.39 Å². The van der Waals surface area contributed by atoms with Gasteiger partial charge in [-0.05, 0) is 40.8 Å². The van der Waals surface area contributed by atoms with Crippen LogP contribution in [0.3, 0.4) is 0 Å². The van der Waals surface area contributed by atoms with Gasteiger partial charge in [0, 0.05) is 5.56 Å². The fraction of sp³-hybridized carbons (Fsp3) is 0.0833. The summed E-state index contributed by atoms with van der Waals surface area (Å²) in [7, 11) is 0. The van der Waals surface area contributed by atoms with Crippen LogP contribution in [0.15, 0.2) is 36.5 Å². The van der Waals surface area contributed by atoms with E-state index in [1.54, 1.807) is 0 Å². The molecule has 0 amide bonds. The van der Waals surface area contributed by atoms with Crippen LogP contribution in [-0.4, -0.2) is 4.98 Å². The molecule has 2 nitrogen and oxygen atoms in total. The van der Waals surface area contributed by atoms with E-state index in [1.165, 1.54) is 6.07 Å². The minimum absolute atomic E-state index is 0.156. The van der Waals surface area contributed by atoms with Crippen molar-refractivity contribution in [2.45, 2.75) is 5.88 Å². The minimum Gasteiger partial charge on any atom is -0.438 e. The minimum atomic E-state index is -0.421. The van der Waals surface area contributed by atoms with Crippen molar-refractivity contribution in [2.24, 2.45) is 0 Å². The van der Waals surface area contributed by atoms with Crippen molar-refractivity contribution < 1.29 is 9.13 Å². The van der Waals surface area contributed by atoms with Gasteiger partial charge in [0.05, 0.1) is 15.6 Å². The van der Waals surface area contributed by atoms with Crippen LogP contribution in [0.25, 0.3) is 0 Å². The highest BCUT2D eigenvalue weighted by atomic mass is 127. The largest absolute Gasteiger partial charge is 0.438 e. The van der Waals surface area contributed by atoms with Gasteiger partial charge in [0.15, 0.2) is 0 Å². The first kappa shape index (κ1) is 12.6. The number of nitrogens with zero attached hydrogens (tertiary/aromatic N) is 1. The first-order chi connectivity index (χ1) is 8.20. The lowest BCUT2D eigenvalue weighted by molar-refractivity contribution is 0.451. The third kappa shape index (κ3) is 3.07. The predicted octanol–water partition coefficient (Wildman–Crippen LogP) is 4.36. The zero-order chi connectivity index (χ0) is 12.3. The quantitative estimate of drug-likeness (QED) is 0.597. The number of alkyl halides is 1. The molecule has 2 rings (SSSR count). The molecule has 0 radical (unpaired) electrons. The van der Waals surface area contributed by atoms with Crippen molar-refractivity contribution in [1.29, 1.82) is 0 Å². The van der Waals surface area contributed by atoms with E-state index in [9.17, 15) is 4.39 Å². The molecule has 1 aromatic heterocycles. The molecular formula is C12H8ClFINO. The number of pyridine rings is 1. The molecule has 0 aliphatic rings. The maximum atomic E-state index is 13.0. The van der Waals surface area contributed by atoms with Crippen molar-refractivity contribution in [2.75, 3.05) is 0 Å². The second-order valence-electron chi connectivity index (χ2n) is 3.28. The van der Waals surface area contributed by atoms with Crippen LogP contribution in [0.5, 0.6) is 11.6 Å². The summed E-state index contributed by atoms with van der Waals surface area (Å²) in [6.07, 6.45) is 1.11. The second-order valence-corrected chi connectivity index (χ2v) is 4.71. The van der Waals surface area contributed by atoms with Gasteiger partial charge in [-0.25, -0.2) is 9.37 Å². The molecule has 0 aliphatic carbocycles. The molecule has 17 heavy (non-hydrogen) atoms. The first-order valence-electron chi connectivity index (χ1n) is 4.83. The van der Waals surface area contributed by atoms with E-state index in [0.717, 1.165) is 9.77 Å². The molecule has 0 N–H and O–H groups in total. The Bertz CT molecular complexity index is 536. The molecule has 0 aliphatic heterocycles. The van der Waals surface area contributed by atoms with E-state index in [0.29, 0.717) is 17.2 Å². The van der Waals surface area contributed by atoms with Gasteiger partial charge in [0.1, 0.15) is 11.6 Å². The SMILES string of the molecule is Fc1cnc(Oc2ccccc2I)c(CCl)c1. The Labute approximate surface area is 117 Å². The number of benzene rings is 1. The van der Waals surface area contributed by atoms with E-state index in [2.05, 4.69) is 27.6 Å². The third-order valence-electron chi connectivity index (χ3n) is 2.08. The van der Waals surface area contributed by atoms with Gasteiger partial charge in [-0.2, -0.15) is 0 Å². The van der Waals surface area contributed by atoms with Crippen molar-refractivity contribution in [3.63, 3.8) is 0 Å². The molecule has 0 unspecified atom stereocenters. The lowest BCUT2D eigenvalue weighted by Gasteiger charge is -2.09. The zero-order valence-electron chi connectivity index (χ0n) is 8.66. The molecule has 0 spiro atoms. The summed E-state index contributed by atoms with van der Waals surface area (Å²) in [5.41, 5.74) is 0.534. The van der Waals surface area contributed by atoms with Gasteiger partial charge in [0.2, 0.25) is 5.88 Å². The Morgan fingerprint density at radius 2 is 2.12 bits per heavy atom. The molecule has 88 valence electrons. The van der Waals surface area contributed by atoms with Crippen LogP contribution in [-0.2, 0) is 5.88 Å². The van der Waals surface area contributed by atoms with E-state index < -0.39 is 5.82 Å². The van der Waals surface area contributed by atoms with Crippen molar-refractivity contribution >= 4 is 34.2 Å². The Balaban J connectivity index is 2.33.